The van der Waals surface area contributed by atoms with E-state index in [1.54, 1.807) is 0 Å². The number of nitrogens with one attached hydrogen (secondary N) is 1. The minimum atomic E-state index is -0.433. The second-order valence-electron chi connectivity index (χ2n) is 6.74. The lowest BCUT2D eigenvalue weighted by Gasteiger charge is -2.32. The largest absolute Gasteiger partial charge is 0.343 e. The van der Waals surface area contributed by atoms with Crippen molar-refractivity contribution in [1.82, 2.24) is 5.32 Å². The molecule has 0 aliphatic heterocycles. The molecule has 3 nitrogen and oxygen atoms in total. The molecule has 1 aliphatic rings. The zero-order valence-corrected chi connectivity index (χ0v) is 16.0. The van der Waals surface area contributed by atoms with Crippen molar-refractivity contribution < 1.29 is 9.18 Å². The Kier molecular flexibility index (Phi) is 6.89. The van der Waals surface area contributed by atoms with E-state index in [0.717, 1.165) is 41.7 Å². The number of benzene rings is 2. The third-order valence-electron chi connectivity index (χ3n) is 5.19. The molecule has 3 rings (SSSR count). The quantitative estimate of drug-likeness (QED) is 0.546. The van der Waals surface area contributed by atoms with Crippen molar-refractivity contribution in [2.24, 2.45) is 5.92 Å². The van der Waals surface area contributed by atoms with Crippen LogP contribution in [0.4, 0.5) is 4.39 Å². The van der Waals surface area contributed by atoms with Crippen LogP contribution in [-0.2, 0) is 4.79 Å². The number of halogens is 1. The highest BCUT2D eigenvalue weighted by atomic mass is 32.2. The molecule has 1 N–H and O–H groups in total. The number of hydrogen-bond acceptors (Lipinski definition) is 3. The van der Waals surface area contributed by atoms with Crippen LogP contribution >= 0.6 is 11.8 Å². The van der Waals surface area contributed by atoms with E-state index in [0.29, 0.717) is 0 Å². The van der Waals surface area contributed by atoms with Crippen LogP contribution in [0.15, 0.2) is 53.4 Å². The van der Waals surface area contributed by atoms with Gasteiger partial charge in [-0.3, -0.25) is 4.79 Å². The highest BCUT2D eigenvalue weighted by molar-refractivity contribution is 7.99. The van der Waals surface area contributed by atoms with Crippen LogP contribution in [0.1, 0.15) is 37.2 Å². The molecule has 1 aliphatic carbocycles. The summed E-state index contributed by atoms with van der Waals surface area (Å²) >= 11 is 1.18. The SMILES string of the molecule is N#CCNC(=O)C1CCCCC1c1ccccc1-c1ccc(SCF)cc1. The van der Waals surface area contributed by atoms with E-state index in [1.165, 1.54) is 17.3 Å². The summed E-state index contributed by atoms with van der Waals surface area (Å²) in [6, 6.07) is 17.7. The lowest BCUT2D eigenvalue weighted by atomic mass is 9.73. The van der Waals surface area contributed by atoms with Gasteiger partial charge in [0.05, 0.1) is 6.07 Å². The van der Waals surface area contributed by atoms with Gasteiger partial charge < -0.3 is 5.32 Å². The first-order valence-electron chi connectivity index (χ1n) is 9.27. The fourth-order valence-electron chi connectivity index (χ4n) is 3.95. The number of rotatable bonds is 6. The minimum absolute atomic E-state index is 0.0225. The number of amides is 1. The second-order valence-corrected chi connectivity index (χ2v) is 7.72. The average molecular weight is 383 g/mol. The highest BCUT2D eigenvalue weighted by Gasteiger charge is 2.33. The Morgan fingerprint density at radius 2 is 1.89 bits per heavy atom. The Balaban J connectivity index is 1.91. The van der Waals surface area contributed by atoms with Crippen molar-refractivity contribution in [2.45, 2.75) is 36.5 Å². The molecule has 1 fully saturated rings. The molecule has 0 aromatic heterocycles. The van der Waals surface area contributed by atoms with Gasteiger partial charge in [-0.05, 0) is 47.6 Å². The van der Waals surface area contributed by atoms with E-state index < -0.39 is 6.01 Å². The van der Waals surface area contributed by atoms with Gasteiger partial charge in [-0.1, -0.05) is 61.0 Å². The summed E-state index contributed by atoms with van der Waals surface area (Å²) < 4.78 is 12.5. The topological polar surface area (TPSA) is 52.9 Å². The fourth-order valence-corrected chi connectivity index (χ4v) is 4.41. The predicted molar refractivity (Wildman–Crippen MR) is 107 cm³/mol. The van der Waals surface area contributed by atoms with Crippen LogP contribution in [0.3, 0.4) is 0 Å². The number of alkyl halides is 1. The Morgan fingerprint density at radius 3 is 2.63 bits per heavy atom. The van der Waals surface area contributed by atoms with Crippen LogP contribution in [0.5, 0.6) is 0 Å². The molecule has 1 saturated carbocycles. The maximum atomic E-state index is 12.6. The van der Waals surface area contributed by atoms with Crippen LogP contribution in [-0.4, -0.2) is 18.5 Å². The lowest BCUT2D eigenvalue weighted by Crippen LogP contribution is -2.36. The number of carbonyl (C=O) groups is 1. The van der Waals surface area contributed by atoms with Gasteiger partial charge in [0.15, 0.2) is 0 Å². The van der Waals surface area contributed by atoms with Crippen molar-refractivity contribution in [1.29, 1.82) is 5.26 Å². The Morgan fingerprint density at radius 1 is 1.15 bits per heavy atom. The summed E-state index contributed by atoms with van der Waals surface area (Å²) in [7, 11) is 0. The van der Waals surface area contributed by atoms with Crippen molar-refractivity contribution in [3.63, 3.8) is 0 Å². The van der Waals surface area contributed by atoms with Gasteiger partial charge in [-0.2, -0.15) is 5.26 Å². The van der Waals surface area contributed by atoms with Gasteiger partial charge in [0.2, 0.25) is 5.91 Å². The van der Waals surface area contributed by atoms with Crippen LogP contribution in [0.25, 0.3) is 11.1 Å². The van der Waals surface area contributed by atoms with E-state index in [2.05, 4.69) is 17.4 Å². The Bertz CT molecular complexity index is 816. The molecule has 0 saturated heterocycles. The minimum Gasteiger partial charge on any atom is -0.343 e. The first-order valence-corrected chi connectivity index (χ1v) is 10.3. The molecule has 1 amide bonds. The monoisotopic (exact) mass is 382 g/mol. The van der Waals surface area contributed by atoms with Gasteiger partial charge in [0.1, 0.15) is 12.6 Å². The van der Waals surface area contributed by atoms with Crippen LogP contribution < -0.4 is 5.32 Å². The maximum absolute atomic E-state index is 12.6. The normalized spacial score (nSPS) is 19.3. The number of carbonyl (C=O) groups excluding carboxylic acids is 1. The molecular formula is C22H23FN2OS. The number of thioether (sulfide) groups is 1. The number of hydrogen-bond donors (Lipinski definition) is 1. The summed E-state index contributed by atoms with van der Waals surface area (Å²) in [6.45, 7) is 0.0530. The van der Waals surface area contributed by atoms with Crippen LogP contribution in [0.2, 0.25) is 0 Å². The molecule has 0 bridgehead atoms. The summed E-state index contributed by atoms with van der Waals surface area (Å²) in [4.78, 5) is 13.5. The smallest absolute Gasteiger partial charge is 0.224 e. The highest BCUT2D eigenvalue weighted by Crippen LogP contribution is 2.42. The molecule has 140 valence electrons. The molecule has 2 aromatic carbocycles. The van der Waals surface area contributed by atoms with Crippen molar-refractivity contribution in [2.75, 3.05) is 12.6 Å². The van der Waals surface area contributed by atoms with Gasteiger partial charge in [0.25, 0.3) is 0 Å². The van der Waals surface area contributed by atoms with E-state index in [4.69, 9.17) is 5.26 Å². The zero-order chi connectivity index (χ0) is 19.1. The molecule has 27 heavy (non-hydrogen) atoms. The molecule has 2 unspecified atom stereocenters. The van der Waals surface area contributed by atoms with Crippen molar-refractivity contribution in [3.05, 3.63) is 54.1 Å². The van der Waals surface area contributed by atoms with E-state index >= 15 is 0 Å². The summed E-state index contributed by atoms with van der Waals surface area (Å²) in [5.41, 5.74) is 3.38. The summed E-state index contributed by atoms with van der Waals surface area (Å²) in [5, 5.41) is 11.5. The second kappa shape index (κ2) is 9.57. The van der Waals surface area contributed by atoms with Crippen molar-refractivity contribution in [3.8, 4) is 17.2 Å². The summed E-state index contributed by atoms with van der Waals surface area (Å²) in [5.74, 6) is 0.0221. The van der Waals surface area contributed by atoms with Gasteiger partial charge in [-0.25, -0.2) is 4.39 Å². The van der Waals surface area contributed by atoms with Crippen LogP contribution in [0, 0.1) is 17.2 Å². The molecule has 0 radical (unpaired) electrons. The third-order valence-corrected chi connectivity index (χ3v) is 5.91. The molecule has 0 heterocycles. The van der Waals surface area contributed by atoms with Gasteiger partial charge in [0, 0.05) is 10.8 Å². The summed E-state index contributed by atoms with van der Waals surface area (Å²) in [6.07, 6.45) is 3.96. The van der Waals surface area contributed by atoms with E-state index in [-0.39, 0.29) is 24.3 Å². The molecule has 0 spiro atoms. The maximum Gasteiger partial charge on any atom is 0.224 e. The predicted octanol–water partition coefficient (Wildman–Crippen LogP) is 5.29. The first kappa shape index (κ1) is 19.4. The third kappa shape index (κ3) is 4.70. The zero-order valence-electron chi connectivity index (χ0n) is 15.2. The number of nitriles is 1. The van der Waals surface area contributed by atoms with Gasteiger partial charge in [-0.15, -0.1) is 0 Å². The van der Waals surface area contributed by atoms with Gasteiger partial charge >= 0.3 is 0 Å². The van der Waals surface area contributed by atoms with Crippen molar-refractivity contribution >= 4 is 17.7 Å². The first-order chi connectivity index (χ1) is 13.2. The van der Waals surface area contributed by atoms with E-state index in [9.17, 15) is 9.18 Å². The molecule has 5 heteroatoms. The Hall–Kier alpha value is -2.32. The lowest BCUT2D eigenvalue weighted by molar-refractivity contribution is -0.126. The van der Waals surface area contributed by atoms with E-state index in [1.807, 2.05) is 42.5 Å². The standard InChI is InChI=1S/C22H23FN2OS/c23-15-27-17-11-9-16(10-12-17)18-5-1-2-6-19(18)20-7-3-4-8-21(20)22(26)25-14-13-24/h1-2,5-6,9-12,20-21H,3-4,7-8,14-15H2,(H,25,26). The fraction of sp³-hybridized carbons (Fsp3) is 0.364. The Labute approximate surface area is 164 Å². The molecule has 2 aromatic rings. The molecular weight excluding hydrogens is 359 g/mol. The number of nitrogens with zero attached hydrogens (tertiary/aromatic N) is 1. The average Bonchev–Trinajstić information content (AvgIpc) is 2.73. The molecule has 2 atom stereocenters.